The van der Waals surface area contributed by atoms with E-state index in [0.717, 1.165) is 19.4 Å². The van der Waals surface area contributed by atoms with Crippen LogP contribution in [0.25, 0.3) is 0 Å². The molecule has 0 spiro atoms. The summed E-state index contributed by atoms with van der Waals surface area (Å²) in [6, 6.07) is 0. The van der Waals surface area contributed by atoms with Gasteiger partial charge in [0.2, 0.25) is 5.91 Å². The quantitative estimate of drug-likeness (QED) is 0.746. The molecule has 3 N–H and O–H groups in total. The lowest BCUT2D eigenvalue weighted by atomic mass is 9.79. The zero-order valence-electron chi connectivity index (χ0n) is 11.4. The summed E-state index contributed by atoms with van der Waals surface area (Å²) in [5.41, 5.74) is 4.80. The molecule has 108 valence electrons. The number of nitrogens with one attached hydrogen (secondary N) is 1. The Balaban J connectivity index is 1.98. The Kier molecular flexibility index (Phi) is 4.43. The van der Waals surface area contributed by atoms with Crippen molar-refractivity contribution in [2.24, 2.45) is 11.1 Å². The molecule has 1 amide bonds. The van der Waals surface area contributed by atoms with Crippen LogP contribution in [0.3, 0.4) is 0 Å². The molecule has 0 saturated carbocycles. The molecule has 0 aliphatic carbocycles. The summed E-state index contributed by atoms with van der Waals surface area (Å²) in [6.45, 7) is 4.35. The standard InChI is InChI=1S/C13H22N2O3S/c1-12(3-2-6-18-12)9-15-11(16)13(10(14)19)4-7-17-8-5-13/h2-9H2,1H3,(H2,14,19)(H,15,16). The smallest absolute Gasteiger partial charge is 0.233 e. The molecule has 1 unspecified atom stereocenters. The zero-order valence-corrected chi connectivity index (χ0v) is 12.2. The van der Waals surface area contributed by atoms with Crippen LogP contribution in [0.5, 0.6) is 0 Å². The molecule has 2 aliphatic rings. The summed E-state index contributed by atoms with van der Waals surface area (Å²) in [5, 5.41) is 2.97. The van der Waals surface area contributed by atoms with Crippen LogP contribution in [0.2, 0.25) is 0 Å². The summed E-state index contributed by atoms with van der Waals surface area (Å²) in [5.74, 6) is -0.0833. The zero-order chi connectivity index (χ0) is 13.9. The van der Waals surface area contributed by atoms with E-state index in [1.165, 1.54) is 0 Å². The predicted molar refractivity (Wildman–Crippen MR) is 75.9 cm³/mol. The number of rotatable bonds is 4. The maximum Gasteiger partial charge on any atom is 0.233 e. The van der Waals surface area contributed by atoms with Crippen LogP contribution in [0.1, 0.15) is 32.6 Å². The number of carbonyl (C=O) groups excluding carboxylic acids is 1. The van der Waals surface area contributed by atoms with Gasteiger partial charge in [-0.1, -0.05) is 12.2 Å². The van der Waals surface area contributed by atoms with Crippen molar-refractivity contribution in [3.63, 3.8) is 0 Å². The van der Waals surface area contributed by atoms with Crippen molar-refractivity contribution in [1.29, 1.82) is 0 Å². The first kappa shape index (κ1) is 14.7. The van der Waals surface area contributed by atoms with Crippen LogP contribution in [0.4, 0.5) is 0 Å². The van der Waals surface area contributed by atoms with Gasteiger partial charge in [-0.2, -0.15) is 0 Å². The molecule has 2 saturated heterocycles. The summed E-state index contributed by atoms with van der Waals surface area (Å²) in [6.07, 6.45) is 3.13. The molecule has 2 fully saturated rings. The molecule has 0 aromatic carbocycles. The summed E-state index contributed by atoms with van der Waals surface area (Å²) in [4.78, 5) is 12.7. The third-order valence-electron chi connectivity index (χ3n) is 4.18. The average Bonchev–Trinajstić information content (AvgIpc) is 2.84. The summed E-state index contributed by atoms with van der Waals surface area (Å²) >= 11 is 5.11. The van der Waals surface area contributed by atoms with E-state index in [2.05, 4.69) is 5.32 Å². The first-order valence-corrected chi connectivity index (χ1v) is 7.19. The normalized spacial score (nSPS) is 29.9. The van der Waals surface area contributed by atoms with Crippen molar-refractivity contribution in [3.8, 4) is 0 Å². The van der Waals surface area contributed by atoms with Gasteiger partial charge in [-0.25, -0.2) is 0 Å². The molecule has 0 aromatic rings. The number of nitrogens with two attached hydrogens (primary N) is 1. The fourth-order valence-corrected chi connectivity index (χ4v) is 3.01. The lowest BCUT2D eigenvalue weighted by Gasteiger charge is -2.35. The first-order valence-electron chi connectivity index (χ1n) is 6.78. The second kappa shape index (κ2) is 5.73. The Morgan fingerprint density at radius 1 is 1.32 bits per heavy atom. The lowest BCUT2D eigenvalue weighted by molar-refractivity contribution is -0.132. The van der Waals surface area contributed by atoms with Crippen molar-refractivity contribution < 1.29 is 14.3 Å². The number of hydrogen-bond acceptors (Lipinski definition) is 4. The van der Waals surface area contributed by atoms with Gasteiger partial charge in [0.1, 0.15) is 5.41 Å². The molecule has 1 atom stereocenters. The van der Waals surface area contributed by atoms with E-state index in [4.69, 9.17) is 27.4 Å². The third-order valence-corrected chi connectivity index (χ3v) is 4.57. The van der Waals surface area contributed by atoms with E-state index >= 15 is 0 Å². The predicted octanol–water partition coefficient (Wildman–Crippen LogP) is 0.755. The highest BCUT2D eigenvalue weighted by molar-refractivity contribution is 7.80. The molecule has 6 heteroatoms. The highest BCUT2D eigenvalue weighted by Crippen LogP contribution is 2.32. The minimum Gasteiger partial charge on any atom is -0.392 e. The topological polar surface area (TPSA) is 73.6 Å². The first-order chi connectivity index (χ1) is 8.99. The van der Waals surface area contributed by atoms with Gasteiger partial charge in [0.25, 0.3) is 0 Å². The maximum absolute atomic E-state index is 12.5. The number of hydrogen-bond donors (Lipinski definition) is 2. The molecule has 2 rings (SSSR count). The van der Waals surface area contributed by atoms with Crippen molar-refractivity contribution in [2.75, 3.05) is 26.4 Å². The van der Waals surface area contributed by atoms with Gasteiger partial charge in [0, 0.05) is 26.4 Å². The highest BCUT2D eigenvalue weighted by atomic mass is 32.1. The monoisotopic (exact) mass is 286 g/mol. The van der Waals surface area contributed by atoms with E-state index in [1.807, 2.05) is 6.92 Å². The van der Waals surface area contributed by atoms with E-state index in [-0.39, 0.29) is 16.5 Å². The molecular weight excluding hydrogens is 264 g/mol. The number of thiocarbonyl (C=S) groups is 1. The largest absolute Gasteiger partial charge is 0.392 e. The van der Waals surface area contributed by atoms with Gasteiger partial charge in [-0.05, 0) is 32.6 Å². The SMILES string of the molecule is CC1(CNC(=O)C2(C(N)=S)CCOCC2)CCCO1. The molecular formula is C13H22N2O3S. The Morgan fingerprint density at radius 3 is 2.53 bits per heavy atom. The van der Waals surface area contributed by atoms with Gasteiger partial charge >= 0.3 is 0 Å². The molecule has 0 bridgehead atoms. The minimum atomic E-state index is -0.747. The highest BCUT2D eigenvalue weighted by Gasteiger charge is 2.43. The number of amides is 1. The summed E-state index contributed by atoms with van der Waals surface area (Å²) in [7, 11) is 0. The van der Waals surface area contributed by atoms with Gasteiger partial charge in [0.15, 0.2) is 0 Å². The van der Waals surface area contributed by atoms with Gasteiger partial charge in [-0.3, -0.25) is 4.79 Å². The Hall–Kier alpha value is -0.720. The van der Waals surface area contributed by atoms with Crippen molar-refractivity contribution in [2.45, 2.75) is 38.2 Å². The molecule has 0 radical (unpaired) electrons. The Morgan fingerprint density at radius 2 is 2.00 bits per heavy atom. The molecule has 0 aromatic heterocycles. The van der Waals surface area contributed by atoms with Crippen LogP contribution < -0.4 is 11.1 Å². The van der Waals surface area contributed by atoms with Crippen LogP contribution >= 0.6 is 12.2 Å². The second-order valence-corrected chi connectivity index (χ2v) is 6.08. The van der Waals surface area contributed by atoms with Crippen LogP contribution in [-0.4, -0.2) is 42.9 Å². The maximum atomic E-state index is 12.5. The second-order valence-electron chi connectivity index (χ2n) is 5.64. The molecule has 19 heavy (non-hydrogen) atoms. The van der Waals surface area contributed by atoms with Gasteiger partial charge < -0.3 is 20.5 Å². The van der Waals surface area contributed by atoms with E-state index in [0.29, 0.717) is 32.6 Å². The van der Waals surface area contributed by atoms with E-state index < -0.39 is 5.41 Å². The van der Waals surface area contributed by atoms with E-state index in [9.17, 15) is 4.79 Å². The third kappa shape index (κ3) is 3.07. The molecule has 5 nitrogen and oxygen atoms in total. The van der Waals surface area contributed by atoms with Crippen LogP contribution in [0, 0.1) is 5.41 Å². The fourth-order valence-electron chi connectivity index (χ4n) is 2.72. The van der Waals surface area contributed by atoms with Crippen LogP contribution in [0.15, 0.2) is 0 Å². The van der Waals surface area contributed by atoms with E-state index in [1.54, 1.807) is 0 Å². The molecule has 2 heterocycles. The van der Waals surface area contributed by atoms with Crippen molar-refractivity contribution in [1.82, 2.24) is 5.32 Å². The van der Waals surface area contributed by atoms with Gasteiger partial charge in [-0.15, -0.1) is 0 Å². The van der Waals surface area contributed by atoms with Crippen molar-refractivity contribution >= 4 is 23.1 Å². The Labute approximate surface area is 119 Å². The Bertz CT molecular complexity index is 361. The minimum absolute atomic E-state index is 0.0833. The lowest BCUT2D eigenvalue weighted by Crippen LogP contribution is -2.54. The summed E-state index contributed by atoms with van der Waals surface area (Å²) < 4.78 is 11.0. The molecule has 2 aliphatic heterocycles. The number of carbonyl (C=O) groups is 1. The fraction of sp³-hybridized carbons (Fsp3) is 0.846. The average molecular weight is 286 g/mol. The van der Waals surface area contributed by atoms with Crippen molar-refractivity contribution in [3.05, 3.63) is 0 Å². The number of ether oxygens (including phenoxy) is 2. The van der Waals surface area contributed by atoms with Crippen LogP contribution in [-0.2, 0) is 14.3 Å². The van der Waals surface area contributed by atoms with Gasteiger partial charge in [0.05, 0.1) is 10.6 Å².